The zero-order valence-corrected chi connectivity index (χ0v) is 12.3. The van der Waals surface area contributed by atoms with Crippen molar-refractivity contribution in [2.45, 2.75) is 26.7 Å². The summed E-state index contributed by atoms with van der Waals surface area (Å²) in [6, 6.07) is 9.83. The SMILES string of the molecule is CCCc1c(C)csc1OCCOc1ccccc1. The van der Waals surface area contributed by atoms with Crippen molar-refractivity contribution < 1.29 is 9.47 Å². The summed E-state index contributed by atoms with van der Waals surface area (Å²) >= 11 is 1.68. The Hall–Kier alpha value is -1.48. The van der Waals surface area contributed by atoms with Crippen LogP contribution in [-0.2, 0) is 6.42 Å². The van der Waals surface area contributed by atoms with Crippen molar-refractivity contribution >= 4 is 11.3 Å². The molecule has 0 unspecified atom stereocenters. The lowest BCUT2D eigenvalue weighted by Crippen LogP contribution is -2.09. The minimum Gasteiger partial charge on any atom is -0.490 e. The van der Waals surface area contributed by atoms with E-state index in [1.165, 1.54) is 11.1 Å². The highest BCUT2D eigenvalue weighted by atomic mass is 32.1. The fraction of sp³-hybridized carbons (Fsp3) is 0.375. The molecule has 0 aliphatic carbocycles. The van der Waals surface area contributed by atoms with Gasteiger partial charge in [0.05, 0.1) is 0 Å². The Labute approximate surface area is 119 Å². The third kappa shape index (κ3) is 4.00. The summed E-state index contributed by atoms with van der Waals surface area (Å²) in [7, 11) is 0. The molecule has 19 heavy (non-hydrogen) atoms. The lowest BCUT2D eigenvalue weighted by molar-refractivity contribution is 0.220. The second-order valence-electron chi connectivity index (χ2n) is 4.44. The smallest absolute Gasteiger partial charge is 0.177 e. The molecule has 2 rings (SSSR count). The third-order valence-electron chi connectivity index (χ3n) is 2.89. The number of benzene rings is 1. The maximum Gasteiger partial charge on any atom is 0.177 e. The van der Waals surface area contributed by atoms with Gasteiger partial charge >= 0.3 is 0 Å². The van der Waals surface area contributed by atoms with Crippen LogP contribution in [0.25, 0.3) is 0 Å². The minimum atomic E-state index is 0.576. The maximum absolute atomic E-state index is 5.83. The van der Waals surface area contributed by atoms with E-state index in [1.807, 2.05) is 30.3 Å². The predicted octanol–water partition coefficient (Wildman–Crippen LogP) is 4.47. The molecule has 0 atom stereocenters. The zero-order valence-electron chi connectivity index (χ0n) is 11.5. The molecule has 0 aliphatic heterocycles. The monoisotopic (exact) mass is 276 g/mol. The first-order chi connectivity index (χ1) is 9.31. The summed E-state index contributed by atoms with van der Waals surface area (Å²) in [6.45, 7) is 5.51. The largest absolute Gasteiger partial charge is 0.490 e. The Morgan fingerprint density at radius 2 is 1.79 bits per heavy atom. The van der Waals surface area contributed by atoms with Crippen LogP contribution in [0.1, 0.15) is 24.5 Å². The lowest BCUT2D eigenvalue weighted by Gasteiger charge is -2.09. The number of aryl methyl sites for hydroxylation is 1. The van der Waals surface area contributed by atoms with Crippen molar-refractivity contribution in [1.82, 2.24) is 0 Å². The average Bonchev–Trinajstić information content (AvgIpc) is 2.78. The van der Waals surface area contributed by atoms with Gasteiger partial charge in [0, 0.05) is 5.56 Å². The van der Waals surface area contributed by atoms with E-state index >= 15 is 0 Å². The Balaban J connectivity index is 1.80. The van der Waals surface area contributed by atoms with E-state index < -0.39 is 0 Å². The Bertz CT molecular complexity index is 491. The highest BCUT2D eigenvalue weighted by molar-refractivity contribution is 7.12. The zero-order chi connectivity index (χ0) is 13.5. The highest BCUT2D eigenvalue weighted by Gasteiger charge is 2.08. The molecule has 0 aliphatic rings. The van der Waals surface area contributed by atoms with Gasteiger partial charge in [-0.25, -0.2) is 0 Å². The summed E-state index contributed by atoms with van der Waals surface area (Å²) in [5, 5.41) is 3.22. The van der Waals surface area contributed by atoms with Crippen LogP contribution in [0.5, 0.6) is 10.8 Å². The van der Waals surface area contributed by atoms with Crippen molar-refractivity contribution in [2.24, 2.45) is 0 Å². The molecule has 0 radical (unpaired) electrons. The highest BCUT2D eigenvalue weighted by Crippen LogP contribution is 2.31. The molecule has 0 bridgehead atoms. The van der Waals surface area contributed by atoms with Gasteiger partial charge in [-0.15, -0.1) is 11.3 Å². The number of para-hydroxylation sites is 1. The molecule has 0 amide bonds. The van der Waals surface area contributed by atoms with E-state index in [4.69, 9.17) is 9.47 Å². The fourth-order valence-electron chi connectivity index (χ4n) is 1.93. The summed E-state index contributed by atoms with van der Waals surface area (Å²) < 4.78 is 11.4. The Kier molecular flexibility index (Phi) is 5.28. The van der Waals surface area contributed by atoms with Gasteiger partial charge in [0.1, 0.15) is 19.0 Å². The van der Waals surface area contributed by atoms with Gasteiger partial charge in [0.25, 0.3) is 0 Å². The molecule has 0 saturated carbocycles. The molecule has 3 heteroatoms. The van der Waals surface area contributed by atoms with Crippen LogP contribution < -0.4 is 9.47 Å². The van der Waals surface area contributed by atoms with E-state index in [1.54, 1.807) is 11.3 Å². The van der Waals surface area contributed by atoms with E-state index in [-0.39, 0.29) is 0 Å². The van der Waals surface area contributed by atoms with Crippen molar-refractivity contribution in [1.29, 1.82) is 0 Å². The fourth-order valence-corrected chi connectivity index (χ4v) is 2.91. The first-order valence-electron chi connectivity index (χ1n) is 6.69. The summed E-state index contributed by atoms with van der Waals surface area (Å²) in [4.78, 5) is 0. The van der Waals surface area contributed by atoms with Gasteiger partial charge < -0.3 is 9.47 Å². The van der Waals surface area contributed by atoms with Crippen LogP contribution in [0.4, 0.5) is 0 Å². The van der Waals surface area contributed by atoms with Crippen LogP contribution >= 0.6 is 11.3 Å². The molecule has 1 aromatic heterocycles. The number of rotatable bonds is 7. The summed E-state index contributed by atoms with van der Waals surface area (Å²) in [6.07, 6.45) is 2.23. The molecular formula is C16H20O2S. The molecule has 1 aromatic carbocycles. The predicted molar refractivity (Wildman–Crippen MR) is 80.5 cm³/mol. The summed E-state index contributed by atoms with van der Waals surface area (Å²) in [5.41, 5.74) is 2.69. The van der Waals surface area contributed by atoms with E-state index in [2.05, 4.69) is 19.2 Å². The lowest BCUT2D eigenvalue weighted by atomic mass is 10.1. The van der Waals surface area contributed by atoms with E-state index in [0.717, 1.165) is 23.7 Å². The number of ether oxygens (including phenoxy) is 2. The van der Waals surface area contributed by atoms with Crippen molar-refractivity contribution in [3.8, 4) is 10.8 Å². The van der Waals surface area contributed by atoms with Crippen molar-refractivity contribution in [3.63, 3.8) is 0 Å². The van der Waals surface area contributed by atoms with E-state index in [9.17, 15) is 0 Å². The molecule has 102 valence electrons. The molecule has 0 N–H and O–H groups in total. The number of hydrogen-bond donors (Lipinski definition) is 0. The summed E-state index contributed by atoms with van der Waals surface area (Å²) in [5.74, 6) is 0.891. The van der Waals surface area contributed by atoms with Crippen LogP contribution in [0.3, 0.4) is 0 Å². The van der Waals surface area contributed by atoms with Crippen LogP contribution in [-0.4, -0.2) is 13.2 Å². The Morgan fingerprint density at radius 3 is 2.53 bits per heavy atom. The first-order valence-corrected chi connectivity index (χ1v) is 7.57. The van der Waals surface area contributed by atoms with Gasteiger partial charge in [0.2, 0.25) is 0 Å². The van der Waals surface area contributed by atoms with Crippen LogP contribution in [0.15, 0.2) is 35.7 Å². The second-order valence-corrected chi connectivity index (χ2v) is 5.29. The molecule has 2 nitrogen and oxygen atoms in total. The third-order valence-corrected chi connectivity index (χ3v) is 3.94. The number of hydrogen-bond acceptors (Lipinski definition) is 3. The number of thiophene rings is 1. The van der Waals surface area contributed by atoms with Crippen LogP contribution in [0.2, 0.25) is 0 Å². The van der Waals surface area contributed by atoms with Crippen molar-refractivity contribution in [2.75, 3.05) is 13.2 Å². The van der Waals surface area contributed by atoms with Gasteiger partial charge in [-0.1, -0.05) is 31.5 Å². The Morgan fingerprint density at radius 1 is 1.05 bits per heavy atom. The minimum absolute atomic E-state index is 0.576. The average molecular weight is 276 g/mol. The van der Waals surface area contributed by atoms with Gasteiger partial charge in [-0.05, 0) is 36.4 Å². The normalized spacial score (nSPS) is 10.4. The topological polar surface area (TPSA) is 18.5 Å². The van der Waals surface area contributed by atoms with Gasteiger partial charge in [0.15, 0.2) is 5.06 Å². The molecule has 1 heterocycles. The molecule has 0 spiro atoms. The van der Waals surface area contributed by atoms with E-state index in [0.29, 0.717) is 13.2 Å². The van der Waals surface area contributed by atoms with Crippen LogP contribution in [0, 0.1) is 6.92 Å². The van der Waals surface area contributed by atoms with Crippen molar-refractivity contribution in [3.05, 3.63) is 46.8 Å². The maximum atomic E-state index is 5.83. The van der Waals surface area contributed by atoms with Gasteiger partial charge in [-0.2, -0.15) is 0 Å². The molecule has 2 aromatic rings. The molecule has 0 saturated heterocycles. The molecular weight excluding hydrogens is 256 g/mol. The first kappa shape index (κ1) is 13.9. The second kappa shape index (κ2) is 7.19. The van der Waals surface area contributed by atoms with Gasteiger partial charge in [-0.3, -0.25) is 0 Å². The standard InChI is InChI=1S/C16H20O2S/c1-3-7-15-13(2)12-19-16(15)18-11-10-17-14-8-5-4-6-9-14/h4-6,8-9,12H,3,7,10-11H2,1-2H3. The molecule has 0 fully saturated rings. The quantitative estimate of drug-likeness (QED) is 0.695.